The molecule has 202 valence electrons. The molecule has 1 unspecified atom stereocenters. The molecule has 0 saturated heterocycles. The summed E-state index contributed by atoms with van der Waals surface area (Å²) in [6.45, 7) is 0.669. The number of hydrogen-bond donors (Lipinski definition) is 2. The summed E-state index contributed by atoms with van der Waals surface area (Å²) in [6.07, 6.45) is 2.76. The van der Waals surface area contributed by atoms with Crippen LogP contribution in [0, 0.1) is 0 Å². The monoisotopic (exact) mass is 519 g/mol. The van der Waals surface area contributed by atoms with Crippen molar-refractivity contribution in [2.45, 2.75) is 82.1 Å². The van der Waals surface area contributed by atoms with E-state index >= 15 is 0 Å². The number of hydrogen-bond acceptors (Lipinski definition) is 4. The molecule has 37 heavy (non-hydrogen) atoms. The van der Waals surface area contributed by atoms with Crippen LogP contribution in [0.1, 0.15) is 79.9 Å². The molecule has 1 aromatic heterocycles. The Kier molecular flexibility index (Phi) is 8.56. The number of carbonyl (C=O) groups is 2. The van der Waals surface area contributed by atoms with Gasteiger partial charge in [0.2, 0.25) is 5.91 Å². The first-order chi connectivity index (χ1) is 17.6. The normalized spacial score (nSPS) is 17.6. The van der Waals surface area contributed by atoms with Gasteiger partial charge < -0.3 is 15.5 Å². The van der Waals surface area contributed by atoms with Crippen LogP contribution < -0.4 is 10.6 Å². The molecule has 10 heteroatoms. The molecular formula is C27H36F3N5O2. The Balaban J connectivity index is 1.59. The van der Waals surface area contributed by atoms with Crippen LogP contribution in [0.4, 0.5) is 13.2 Å². The van der Waals surface area contributed by atoms with Crippen molar-refractivity contribution in [3.63, 3.8) is 0 Å². The summed E-state index contributed by atoms with van der Waals surface area (Å²) in [5.74, 6) is -0.590. The number of benzene rings is 1. The zero-order chi connectivity index (χ0) is 26.6. The second-order valence-corrected chi connectivity index (χ2v) is 10.5. The fraction of sp³-hybridized carbons (Fsp3) is 0.593. The van der Waals surface area contributed by atoms with Gasteiger partial charge in [0.15, 0.2) is 5.69 Å². The zero-order valence-electron chi connectivity index (χ0n) is 21.5. The first-order valence-corrected chi connectivity index (χ1v) is 13.1. The molecule has 0 bridgehead atoms. The lowest BCUT2D eigenvalue weighted by atomic mass is 9.93. The van der Waals surface area contributed by atoms with E-state index in [1.807, 2.05) is 19.0 Å². The summed E-state index contributed by atoms with van der Waals surface area (Å²) < 4.78 is 43.1. The predicted molar refractivity (Wildman–Crippen MR) is 135 cm³/mol. The minimum absolute atomic E-state index is 0.0116. The van der Waals surface area contributed by atoms with Crippen molar-refractivity contribution >= 4 is 11.8 Å². The predicted octanol–water partition coefficient (Wildman–Crippen LogP) is 4.79. The van der Waals surface area contributed by atoms with E-state index in [0.717, 1.165) is 51.0 Å². The van der Waals surface area contributed by atoms with Gasteiger partial charge in [-0.2, -0.15) is 18.3 Å². The van der Waals surface area contributed by atoms with Gasteiger partial charge in [0.05, 0.1) is 17.3 Å². The van der Waals surface area contributed by atoms with Crippen molar-refractivity contribution in [1.29, 1.82) is 0 Å². The average molecular weight is 520 g/mol. The van der Waals surface area contributed by atoms with Crippen LogP contribution in [-0.2, 0) is 11.0 Å². The molecule has 7 nitrogen and oxygen atoms in total. The van der Waals surface area contributed by atoms with Crippen LogP contribution >= 0.6 is 0 Å². The molecular weight excluding hydrogens is 483 g/mol. The Hall–Kier alpha value is -2.88. The van der Waals surface area contributed by atoms with E-state index in [4.69, 9.17) is 0 Å². The fourth-order valence-corrected chi connectivity index (χ4v) is 5.05. The van der Waals surface area contributed by atoms with Gasteiger partial charge in [-0.15, -0.1) is 0 Å². The summed E-state index contributed by atoms with van der Waals surface area (Å²) in [6, 6.07) is 6.59. The summed E-state index contributed by atoms with van der Waals surface area (Å²) in [5, 5.41) is 10.5. The Morgan fingerprint density at radius 3 is 2.43 bits per heavy atom. The fourth-order valence-electron chi connectivity index (χ4n) is 5.05. The molecule has 0 spiro atoms. The SMILES string of the molecule is CN(C)CCC(CC(=O)NC1CCC1)NC(=O)c1cc(-c2ccccc2C(F)(F)F)n(C2CCCC2)n1. The molecule has 2 amide bonds. The van der Waals surface area contributed by atoms with E-state index in [1.54, 1.807) is 10.7 Å². The lowest BCUT2D eigenvalue weighted by Gasteiger charge is -2.27. The molecule has 0 aliphatic heterocycles. The van der Waals surface area contributed by atoms with Crippen molar-refractivity contribution in [3.8, 4) is 11.3 Å². The van der Waals surface area contributed by atoms with Gasteiger partial charge in [0.1, 0.15) is 0 Å². The van der Waals surface area contributed by atoms with Crippen LogP contribution in [0.15, 0.2) is 30.3 Å². The van der Waals surface area contributed by atoms with E-state index in [0.29, 0.717) is 13.0 Å². The smallest absolute Gasteiger partial charge is 0.353 e. The molecule has 2 fully saturated rings. The third-order valence-corrected chi connectivity index (χ3v) is 7.31. The Bertz CT molecular complexity index is 1090. The van der Waals surface area contributed by atoms with Gasteiger partial charge in [-0.3, -0.25) is 14.3 Å². The largest absolute Gasteiger partial charge is 0.417 e. The molecule has 0 radical (unpaired) electrons. The van der Waals surface area contributed by atoms with Crippen LogP contribution in [-0.4, -0.2) is 59.2 Å². The molecule has 2 N–H and O–H groups in total. The zero-order valence-corrected chi connectivity index (χ0v) is 21.5. The highest BCUT2D eigenvalue weighted by atomic mass is 19.4. The van der Waals surface area contributed by atoms with Crippen LogP contribution in [0.2, 0.25) is 0 Å². The van der Waals surface area contributed by atoms with Crippen molar-refractivity contribution in [2.24, 2.45) is 0 Å². The average Bonchev–Trinajstić information content (AvgIpc) is 3.49. The topological polar surface area (TPSA) is 79.3 Å². The summed E-state index contributed by atoms with van der Waals surface area (Å²) >= 11 is 0. The van der Waals surface area contributed by atoms with E-state index in [-0.39, 0.29) is 41.4 Å². The van der Waals surface area contributed by atoms with Gasteiger partial charge in [-0.25, -0.2) is 0 Å². The van der Waals surface area contributed by atoms with Gasteiger partial charge >= 0.3 is 6.18 Å². The lowest BCUT2D eigenvalue weighted by Crippen LogP contribution is -2.44. The standard InChI is InChI=1S/C27H36F3N5O2/c1-34(2)15-14-19(16-25(36)31-18-8-7-9-18)32-26(37)23-17-24(35(33-23)20-10-3-4-11-20)21-12-5-6-13-22(21)27(28,29)30/h5-6,12-13,17-20H,3-4,7-11,14-16H2,1-2H3,(H,31,36)(H,32,37). The lowest BCUT2D eigenvalue weighted by molar-refractivity contribution is -0.137. The third-order valence-electron chi connectivity index (χ3n) is 7.31. The van der Waals surface area contributed by atoms with Crippen LogP contribution in [0.25, 0.3) is 11.3 Å². The Labute approximate surface area is 215 Å². The van der Waals surface area contributed by atoms with Gasteiger partial charge in [0, 0.05) is 24.1 Å². The minimum Gasteiger partial charge on any atom is -0.353 e. The van der Waals surface area contributed by atoms with E-state index in [1.165, 1.54) is 18.2 Å². The molecule has 1 aromatic carbocycles. The quantitative estimate of drug-likeness (QED) is 0.473. The molecule has 1 heterocycles. The number of carbonyl (C=O) groups excluding carboxylic acids is 2. The number of nitrogens with zero attached hydrogens (tertiary/aromatic N) is 3. The number of nitrogens with one attached hydrogen (secondary N) is 2. The maximum absolute atomic E-state index is 13.8. The molecule has 2 aliphatic rings. The van der Waals surface area contributed by atoms with Crippen LogP contribution in [0.3, 0.4) is 0 Å². The highest BCUT2D eigenvalue weighted by molar-refractivity contribution is 5.94. The van der Waals surface area contributed by atoms with E-state index in [9.17, 15) is 22.8 Å². The molecule has 4 rings (SSSR count). The summed E-state index contributed by atoms with van der Waals surface area (Å²) in [5.41, 5.74) is -0.388. The summed E-state index contributed by atoms with van der Waals surface area (Å²) in [7, 11) is 3.84. The molecule has 2 saturated carbocycles. The highest BCUT2D eigenvalue weighted by Gasteiger charge is 2.35. The number of rotatable bonds is 10. The Morgan fingerprint density at radius 2 is 1.81 bits per heavy atom. The van der Waals surface area contributed by atoms with Crippen LogP contribution in [0.5, 0.6) is 0 Å². The third kappa shape index (κ3) is 6.91. The molecule has 2 aromatic rings. The second-order valence-electron chi connectivity index (χ2n) is 10.5. The van der Waals surface area contributed by atoms with E-state index in [2.05, 4.69) is 15.7 Å². The maximum atomic E-state index is 13.8. The van der Waals surface area contributed by atoms with Gasteiger partial charge in [-0.1, -0.05) is 31.0 Å². The van der Waals surface area contributed by atoms with Gasteiger partial charge in [-0.05, 0) is 71.3 Å². The second kappa shape index (κ2) is 11.7. The molecule has 1 atom stereocenters. The number of halogens is 3. The van der Waals surface area contributed by atoms with Crippen molar-refractivity contribution in [3.05, 3.63) is 41.6 Å². The highest BCUT2D eigenvalue weighted by Crippen LogP contribution is 2.40. The first-order valence-electron chi connectivity index (χ1n) is 13.1. The van der Waals surface area contributed by atoms with E-state index < -0.39 is 23.7 Å². The molecule has 2 aliphatic carbocycles. The van der Waals surface area contributed by atoms with Crippen molar-refractivity contribution in [2.75, 3.05) is 20.6 Å². The number of amides is 2. The number of aromatic nitrogens is 2. The summed E-state index contributed by atoms with van der Waals surface area (Å²) in [4.78, 5) is 27.9. The maximum Gasteiger partial charge on any atom is 0.417 e. The van der Waals surface area contributed by atoms with Crippen molar-refractivity contribution < 1.29 is 22.8 Å². The minimum atomic E-state index is -4.53. The Morgan fingerprint density at radius 1 is 1.11 bits per heavy atom. The number of alkyl halides is 3. The first kappa shape index (κ1) is 27.2. The van der Waals surface area contributed by atoms with Crippen molar-refractivity contribution in [1.82, 2.24) is 25.3 Å². The van der Waals surface area contributed by atoms with Gasteiger partial charge in [0.25, 0.3) is 5.91 Å².